The molecular weight excluding hydrogens is 566 g/mol. The maximum absolute atomic E-state index is 14.5. The standard InChI is InChI=1S/C33H43N3O8/c1-20(18-37)36-28-30(40)35(32(2,3)4)17-11-7-10-14-24(38)34-22(19-42-5)27(21-12-8-6-9-13-21)43-31(41)25-23-15-16-33(28,44-23)26(25)29(36)39/h6-9,11-13,15-16,20,22-23,25-28,37H,10,14,17-19H2,1-5H3,(H,34,38)/b11-7-/t20-,22-,23+,25-,26-,27-,28+,33-/m1/s1. The molecule has 0 saturated carbocycles. The first-order valence-corrected chi connectivity index (χ1v) is 15.2. The highest BCUT2D eigenvalue weighted by Crippen LogP contribution is 2.56. The molecule has 2 N–H and O–H groups in total. The fourth-order valence-corrected chi connectivity index (χ4v) is 6.97. The number of fused-ring (bicyclic) bond motifs is 2. The van der Waals surface area contributed by atoms with Gasteiger partial charge in [0.05, 0.1) is 37.3 Å². The summed E-state index contributed by atoms with van der Waals surface area (Å²) in [6.07, 6.45) is 6.06. The SMILES string of the molecule is COC[C@H]1NC(=O)CC/C=C\CN(C(C)(C)C)C(=O)[C@@H]2N([C@H](C)CO)C(=O)[C@H]3[C@H](C(=O)O[C@@H]1c1ccccc1)[C@@H]1C=C[C@]23O1. The zero-order chi connectivity index (χ0) is 31.8. The third-order valence-corrected chi connectivity index (χ3v) is 9.05. The number of carbonyl (C=O) groups is 4. The molecule has 2 fully saturated rings. The van der Waals surface area contributed by atoms with Crippen molar-refractivity contribution in [3.63, 3.8) is 0 Å². The van der Waals surface area contributed by atoms with Crippen LogP contribution in [0.5, 0.6) is 0 Å². The van der Waals surface area contributed by atoms with Crippen molar-refractivity contribution in [2.24, 2.45) is 11.8 Å². The fourth-order valence-electron chi connectivity index (χ4n) is 6.97. The lowest BCUT2D eigenvalue weighted by Gasteiger charge is -2.42. The minimum atomic E-state index is -1.41. The number of allylic oxidation sites excluding steroid dienone is 1. The molecule has 2 saturated heterocycles. The summed E-state index contributed by atoms with van der Waals surface area (Å²) in [5.74, 6) is -3.78. The molecule has 5 bridgehead atoms. The molecule has 0 unspecified atom stereocenters. The molecule has 0 aliphatic carbocycles. The Morgan fingerprint density at radius 2 is 1.84 bits per heavy atom. The van der Waals surface area contributed by atoms with E-state index in [2.05, 4.69) is 5.32 Å². The topological polar surface area (TPSA) is 135 Å². The van der Waals surface area contributed by atoms with Crippen molar-refractivity contribution in [3.8, 4) is 0 Å². The molecular formula is C33H43N3O8. The number of nitrogens with one attached hydrogen (secondary N) is 1. The molecule has 11 heteroatoms. The van der Waals surface area contributed by atoms with Gasteiger partial charge in [-0.15, -0.1) is 0 Å². The van der Waals surface area contributed by atoms with E-state index in [0.717, 1.165) is 0 Å². The first-order valence-electron chi connectivity index (χ1n) is 15.2. The number of likely N-dealkylation sites (tertiary alicyclic amines) is 1. The molecule has 4 aliphatic heterocycles. The molecule has 8 atom stereocenters. The van der Waals surface area contributed by atoms with Crippen LogP contribution in [0, 0.1) is 11.8 Å². The third-order valence-electron chi connectivity index (χ3n) is 9.05. The van der Waals surface area contributed by atoms with E-state index in [1.54, 1.807) is 36.1 Å². The van der Waals surface area contributed by atoms with Gasteiger partial charge in [-0.25, -0.2) is 0 Å². The number of aliphatic hydroxyl groups excluding tert-OH is 1. The fraction of sp³-hybridized carbons (Fsp3) is 0.576. The number of methoxy groups -OCH3 is 1. The van der Waals surface area contributed by atoms with Gasteiger partial charge in [0.15, 0.2) is 0 Å². The van der Waals surface area contributed by atoms with Gasteiger partial charge >= 0.3 is 5.97 Å². The van der Waals surface area contributed by atoms with Gasteiger partial charge < -0.3 is 34.4 Å². The van der Waals surface area contributed by atoms with Gasteiger partial charge in [-0.2, -0.15) is 0 Å². The highest BCUT2D eigenvalue weighted by atomic mass is 16.6. The number of benzene rings is 1. The number of aliphatic hydroxyl groups is 1. The van der Waals surface area contributed by atoms with Crippen molar-refractivity contribution in [3.05, 3.63) is 60.2 Å². The van der Waals surface area contributed by atoms with Crippen molar-refractivity contribution in [1.82, 2.24) is 15.1 Å². The number of ether oxygens (including phenoxy) is 3. The predicted octanol–water partition coefficient (Wildman–Crippen LogP) is 1.91. The van der Waals surface area contributed by atoms with Crippen LogP contribution in [0.15, 0.2) is 54.6 Å². The number of hydrogen-bond donors (Lipinski definition) is 2. The van der Waals surface area contributed by atoms with Crippen LogP contribution < -0.4 is 5.32 Å². The quantitative estimate of drug-likeness (QED) is 0.382. The van der Waals surface area contributed by atoms with Crippen molar-refractivity contribution >= 4 is 23.7 Å². The minimum Gasteiger partial charge on any atom is -0.455 e. The van der Waals surface area contributed by atoms with Gasteiger partial charge in [-0.1, -0.05) is 54.6 Å². The van der Waals surface area contributed by atoms with Crippen LogP contribution in [0.25, 0.3) is 0 Å². The molecule has 44 heavy (non-hydrogen) atoms. The van der Waals surface area contributed by atoms with Crippen LogP contribution in [0.1, 0.15) is 52.2 Å². The van der Waals surface area contributed by atoms with Crippen LogP contribution in [-0.2, 0) is 33.4 Å². The first-order chi connectivity index (χ1) is 20.9. The molecule has 5 rings (SSSR count). The second kappa shape index (κ2) is 12.5. The van der Waals surface area contributed by atoms with Gasteiger partial charge in [0.2, 0.25) is 17.7 Å². The Labute approximate surface area is 258 Å². The number of amides is 3. The summed E-state index contributed by atoms with van der Waals surface area (Å²) >= 11 is 0. The zero-order valence-corrected chi connectivity index (χ0v) is 26.0. The summed E-state index contributed by atoms with van der Waals surface area (Å²) in [5, 5.41) is 13.2. The van der Waals surface area contributed by atoms with Crippen LogP contribution in [0.2, 0.25) is 0 Å². The molecule has 0 aromatic heterocycles. The largest absolute Gasteiger partial charge is 0.455 e. The average Bonchev–Trinajstić information content (AvgIpc) is 3.63. The summed E-state index contributed by atoms with van der Waals surface area (Å²) in [6, 6.07) is 6.56. The van der Waals surface area contributed by atoms with E-state index < -0.39 is 65.2 Å². The Hall–Kier alpha value is -3.54. The smallest absolute Gasteiger partial charge is 0.313 e. The predicted molar refractivity (Wildman–Crippen MR) is 160 cm³/mol. The highest BCUT2D eigenvalue weighted by Gasteiger charge is 2.74. The van der Waals surface area contributed by atoms with E-state index >= 15 is 0 Å². The second-order valence-electron chi connectivity index (χ2n) is 13.0. The lowest BCUT2D eigenvalue weighted by atomic mass is 9.74. The normalized spacial score (nSPS) is 34.1. The molecule has 4 heterocycles. The van der Waals surface area contributed by atoms with E-state index in [-0.39, 0.29) is 38.0 Å². The van der Waals surface area contributed by atoms with Gasteiger partial charge in [0, 0.05) is 25.6 Å². The number of hydrogen-bond acceptors (Lipinski definition) is 8. The van der Waals surface area contributed by atoms with E-state index in [1.807, 2.05) is 51.1 Å². The van der Waals surface area contributed by atoms with Gasteiger partial charge in [-0.05, 0) is 39.7 Å². The lowest BCUT2D eigenvalue weighted by Crippen LogP contribution is -2.61. The number of carbonyl (C=O) groups excluding carboxylic acids is 4. The molecule has 3 amide bonds. The van der Waals surface area contributed by atoms with E-state index in [0.29, 0.717) is 12.0 Å². The zero-order valence-electron chi connectivity index (χ0n) is 26.0. The Balaban J connectivity index is 1.62. The van der Waals surface area contributed by atoms with E-state index in [1.165, 1.54) is 12.0 Å². The average molecular weight is 610 g/mol. The van der Waals surface area contributed by atoms with E-state index in [9.17, 15) is 24.3 Å². The summed E-state index contributed by atoms with van der Waals surface area (Å²) in [4.78, 5) is 59.1. The van der Waals surface area contributed by atoms with Crippen LogP contribution >= 0.6 is 0 Å². The summed E-state index contributed by atoms with van der Waals surface area (Å²) < 4.78 is 18.1. The minimum absolute atomic E-state index is 0.0735. The molecule has 1 aromatic rings. The number of esters is 1. The Bertz CT molecular complexity index is 1320. The summed E-state index contributed by atoms with van der Waals surface area (Å²) in [7, 11) is 1.51. The number of rotatable bonds is 5. The van der Waals surface area contributed by atoms with Gasteiger partial charge in [0.1, 0.15) is 23.7 Å². The van der Waals surface area contributed by atoms with Crippen LogP contribution in [0.4, 0.5) is 0 Å². The Morgan fingerprint density at radius 1 is 1.11 bits per heavy atom. The van der Waals surface area contributed by atoms with E-state index in [4.69, 9.17) is 14.2 Å². The Morgan fingerprint density at radius 3 is 2.50 bits per heavy atom. The molecule has 11 nitrogen and oxygen atoms in total. The van der Waals surface area contributed by atoms with Crippen molar-refractivity contribution in [1.29, 1.82) is 0 Å². The molecule has 1 aromatic carbocycles. The van der Waals surface area contributed by atoms with Gasteiger partial charge in [-0.3, -0.25) is 19.2 Å². The maximum atomic E-state index is 14.5. The molecule has 238 valence electrons. The summed E-state index contributed by atoms with van der Waals surface area (Å²) in [6.45, 7) is 7.33. The van der Waals surface area contributed by atoms with Gasteiger partial charge in [0.25, 0.3) is 0 Å². The third kappa shape index (κ3) is 5.57. The van der Waals surface area contributed by atoms with Crippen molar-refractivity contribution < 1.29 is 38.5 Å². The number of cyclic esters (lactones) is 1. The number of nitrogens with zero attached hydrogens (tertiary/aromatic N) is 2. The first kappa shape index (κ1) is 31.9. The second-order valence-corrected chi connectivity index (χ2v) is 13.0. The molecule has 0 radical (unpaired) electrons. The monoisotopic (exact) mass is 609 g/mol. The molecule has 4 aliphatic rings. The maximum Gasteiger partial charge on any atom is 0.313 e. The lowest BCUT2D eigenvalue weighted by molar-refractivity contribution is -0.163. The summed E-state index contributed by atoms with van der Waals surface area (Å²) in [5.41, 5.74) is -1.39. The Kier molecular flexibility index (Phi) is 9.02. The van der Waals surface area contributed by atoms with Crippen LogP contribution in [0.3, 0.4) is 0 Å². The molecule has 1 spiro atoms. The van der Waals surface area contributed by atoms with Crippen molar-refractivity contribution in [2.45, 2.75) is 82.0 Å². The highest BCUT2D eigenvalue weighted by molar-refractivity contribution is 5.99. The van der Waals surface area contributed by atoms with Crippen molar-refractivity contribution in [2.75, 3.05) is 26.9 Å². The van der Waals surface area contributed by atoms with Crippen LogP contribution in [-0.4, -0.2) is 101 Å².